The zero-order chi connectivity index (χ0) is 13.2. The normalized spacial score (nSPS) is 11.5. The Bertz CT molecular complexity index is 577. The van der Waals surface area contributed by atoms with Crippen LogP contribution in [0.15, 0.2) is 42.5 Å². The Morgan fingerprint density at radius 1 is 1.17 bits per heavy atom. The van der Waals surface area contributed by atoms with Gasteiger partial charge in [0.2, 0.25) is 0 Å². The molecule has 0 saturated carbocycles. The van der Waals surface area contributed by atoms with E-state index in [0.717, 1.165) is 0 Å². The van der Waals surface area contributed by atoms with E-state index in [-0.39, 0.29) is 10.7 Å². The van der Waals surface area contributed by atoms with E-state index in [1.54, 1.807) is 0 Å². The molecule has 2 rings (SSSR count). The Balaban J connectivity index is 2.32. The van der Waals surface area contributed by atoms with Crippen LogP contribution in [0.1, 0.15) is 19.4 Å². The molecular weight excluding hydrogens is 242 g/mol. The molecule has 0 radical (unpaired) electrons. The molecular formula is C15H17NOS. The van der Waals surface area contributed by atoms with Crippen molar-refractivity contribution in [3.05, 3.63) is 48.0 Å². The molecule has 0 unspecified atom stereocenters. The molecule has 0 aliphatic rings. The fourth-order valence-corrected chi connectivity index (χ4v) is 2.09. The minimum Gasteiger partial charge on any atom is -0.346 e. The number of benzene rings is 2. The lowest BCUT2D eigenvalue weighted by Crippen LogP contribution is -2.34. The zero-order valence-corrected chi connectivity index (χ0v) is 11.5. The lowest BCUT2D eigenvalue weighted by Gasteiger charge is -2.25. The van der Waals surface area contributed by atoms with Crippen molar-refractivity contribution < 1.29 is 4.79 Å². The summed E-state index contributed by atoms with van der Waals surface area (Å²) in [6.07, 6.45) is 0. The maximum absolute atomic E-state index is 10.9. The fourth-order valence-electron chi connectivity index (χ4n) is 2.01. The molecule has 18 heavy (non-hydrogen) atoms. The molecule has 1 amide bonds. The monoisotopic (exact) mass is 259 g/mol. The molecule has 2 aromatic rings. The van der Waals surface area contributed by atoms with Gasteiger partial charge in [-0.25, -0.2) is 0 Å². The highest BCUT2D eigenvalue weighted by atomic mass is 32.1. The summed E-state index contributed by atoms with van der Waals surface area (Å²) in [5.74, 6) is 0. The lowest BCUT2D eigenvalue weighted by atomic mass is 9.83. The van der Waals surface area contributed by atoms with Gasteiger partial charge in [-0.05, 0) is 16.3 Å². The van der Waals surface area contributed by atoms with E-state index in [4.69, 9.17) is 0 Å². The number of nitrogens with one attached hydrogen (secondary N) is 1. The number of carbonyl (C=O) groups is 1. The Morgan fingerprint density at radius 3 is 2.50 bits per heavy atom. The third kappa shape index (κ3) is 2.85. The van der Waals surface area contributed by atoms with Gasteiger partial charge >= 0.3 is 0 Å². The molecule has 0 aromatic heterocycles. The molecule has 0 heterocycles. The van der Waals surface area contributed by atoms with Gasteiger partial charge in [-0.2, -0.15) is 0 Å². The molecule has 0 atom stereocenters. The third-order valence-corrected chi connectivity index (χ3v) is 3.37. The van der Waals surface area contributed by atoms with E-state index in [1.165, 1.54) is 16.3 Å². The van der Waals surface area contributed by atoms with Crippen LogP contribution in [-0.2, 0) is 5.41 Å². The van der Waals surface area contributed by atoms with Gasteiger partial charge in [0.05, 0.1) is 0 Å². The smallest absolute Gasteiger partial charge is 0.276 e. The molecule has 2 nitrogen and oxygen atoms in total. The first kappa shape index (κ1) is 13.0. The van der Waals surface area contributed by atoms with Gasteiger partial charge in [0, 0.05) is 12.0 Å². The molecule has 0 saturated heterocycles. The summed E-state index contributed by atoms with van der Waals surface area (Å²) in [7, 11) is 0. The molecule has 1 N–H and O–H groups in total. The Hall–Kier alpha value is -1.48. The van der Waals surface area contributed by atoms with Crippen LogP contribution in [0.3, 0.4) is 0 Å². The topological polar surface area (TPSA) is 29.1 Å². The number of hydrogen-bond donors (Lipinski definition) is 2. The molecule has 94 valence electrons. The average Bonchev–Trinajstić information content (AvgIpc) is 2.36. The maximum atomic E-state index is 10.9. The van der Waals surface area contributed by atoms with Crippen LogP contribution >= 0.6 is 12.6 Å². The van der Waals surface area contributed by atoms with Crippen molar-refractivity contribution in [1.82, 2.24) is 5.32 Å². The number of rotatable bonds is 3. The summed E-state index contributed by atoms with van der Waals surface area (Å²) in [6, 6.07) is 14.7. The lowest BCUT2D eigenvalue weighted by molar-refractivity contribution is 0.259. The van der Waals surface area contributed by atoms with Crippen molar-refractivity contribution in [2.75, 3.05) is 6.54 Å². The summed E-state index contributed by atoms with van der Waals surface area (Å²) >= 11 is 3.73. The number of amides is 1. The second-order valence-corrected chi connectivity index (χ2v) is 5.51. The quantitative estimate of drug-likeness (QED) is 0.807. The van der Waals surface area contributed by atoms with Crippen molar-refractivity contribution in [2.45, 2.75) is 19.3 Å². The maximum Gasteiger partial charge on any atom is 0.276 e. The van der Waals surface area contributed by atoms with Crippen molar-refractivity contribution in [3.8, 4) is 0 Å². The summed E-state index contributed by atoms with van der Waals surface area (Å²) < 4.78 is 0. The van der Waals surface area contributed by atoms with Crippen LogP contribution in [0, 0.1) is 0 Å². The van der Waals surface area contributed by atoms with Crippen LogP contribution in [0.5, 0.6) is 0 Å². The van der Waals surface area contributed by atoms with Crippen LogP contribution < -0.4 is 5.32 Å². The van der Waals surface area contributed by atoms with Gasteiger partial charge < -0.3 is 5.32 Å². The Morgan fingerprint density at radius 2 is 1.83 bits per heavy atom. The van der Waals surface area contributed by atoms with E-state index in [0.29, 0.717) is 6.54 Å². The fraction of sp³-hybridized carbons (Fsp3) is 0.267. The molecule has 0 bridgehead atoms. The van der Waals surface area contributed by atoms with Gasteiger partial charge in [0.25, 0.3) is 5.24 Å². The Labute approximate surface area is 113 Å². The second-order valence-electron chi connectivity index (χ2n) is 5.10. The summed E-state index contributed by atoms with van der Waals surface area (Å²) in [4.78, 5) is 10.9. The van der Waals surface area contributed by atoms with Crippen LogP contribution in [0.2, 0.25) is 0 Å². The highest BCUT2D eigenvalue weighted by molar-refractivity contribution is 7.96. The van der Waals surface area contributed by atoms with Gasteiger partial charge in [-0.3, -0.25) is 4.79 Å². The number of hydrogen-bond acceptors (Lipinski definition) is 1. The SMILES string of the molecule is CC(C)(CNC(=O)S)c1ccc2ccccc2c1. The van der Waals surface area contributed by atoms with Gasteiger partial charge in [0.1, 0.15) is 0 Å². The predicted octanol–water partition coefficient (Wildman–Crippen LogP) is 3.76. The standard InChI is InChI=1S/C15H17NOS/c1-15(2,10-16-14(17)18)13-8-7-11-5-3-4-6-12(11)9-13/h3-9H,10H2,1-2H3,(H2,16,17,18). The number of thiol groups is 1. The first-order valence-electron chi connectivity index (χ1n) is 5.95. The van der Waals surface area contributed by atoms with Gasteiger partial charge in [0.15, 0.2) is 0 Å². The van der Waals surface area contributed by atoms with Crippen LogP contribution in [0.4, 0.5) is 4.79 Å². The molecule has 0 aliphatic heterocycles. The molecule has 2 aromatic carbocycles. The van der Waals surface area contributed by atoms with Crippen LogP contribution in [0.25, 0.3) is 10.8 Å². The van der Waals surface area contributed by atoms with E-state index in [2.05, 4.69) is 62.1 Å². The van der Waals surface area contributed by atoms with Crippen molar-refractivity contribution in [3.63, 3.8) is 0 Å². The Kier molecular flexibility index (Phi) is 3.62. The zero-order valence-electron chi connectivity index (χ0n) is 10.6. The van der Waals surface area contributed by atoms with Gasteiger partial charge in [-0.15, -0.1) is 0 Å². The minimum atomic E-state index is -0.288. The molecule has 0 spiro atoms. The number of carbonyl (C=O) groups excluding carboxylic acids is 1. The highest BCUT2D eigenvalue weighted by Gasteiger charge is 2.21. The first-order chi connectivity index (χ1) is 8.49. The average molecular weight is 259 g/mol. The van der Waals surface area contributed by atoms with E-state index in [9.17, 15) is 4.79 Å². The van der Waals surface area contributed by atoms with Crippen molar-refractivity contribution >= 4 is 28.6 Å². The van der Waals surface area contributed by atoms with E-state index >= 15 is 0 Å². The summed E-state index contributed by atoms with van der Waals surface area (Å²) in [6.45, 7) is 4.80. The third-order valence-electron chi connectivity index (χ3n) is 3.21. The second kappa shape index (κ2) is 5.02. The molecule has 0 aliphatic carbocycles. The first-order valence-corrected chi connectivity index (χ1v) is 6.40. The van der Waals surface area contributed by atoms with Crippen molar-refractivity contribution in [2.24, 2.45) is 0 Å². The van der Waals surface area contributed by atoms with E-state index in [1.807, 2.05) is 12.1 Å². The molecule has 3 heteroatoms. The van der Waals surface area contributed by atoms with Crippen LogP contribution in [-0.4, -0.2) is 11.8 Å². The van der Waals surface area contributed by atoms with Crippen molar-refractivity contribution in [1.29, 1.82) is 0 Å². The summed E-state index contributed by atoms with van der Waals surface area (Å²) in [5.41, 5.74) is 1.10. The molecule has 0 fully saturated rings. The predicted molar refractivity (Wildman–Crippen MR) is 79.4 cm³/mol. The highest BCUT2D eigenvalue weighted by Crippen LogP contribution is 2.26. The van der Waals surface area contributed by atoms with E-state index < -0.39 is 0 Å². The van der Waals surface area contributed by atoms with Gasteiger partial charge in [-0.1, -0.05) is 68.9 Å². The minimum absolute atomic E-state index is 0.109. The summed E-state index contributed by atoms with van der Waals surface area (Å²) in [5, 5.41) is 4.92. The largest absolute Gasteiger partial charge is 0.346 e. The number of fused-ring (bicyclic) bond motifs is 1.